The molecule has 1 saturated heterocycles. The molecule has 0 radical (unpaired) electrons. The molecule has 118 valence electrons. The first-order valence-corrected chi connectivity index (χ1v) is 7.64. The van der Waals surface area contributed by atoms with Gasteiger partial charge in [0.1, 0.15) is 0 Å². The zero-order chi connectivity index (χ0) is 15.7. The van der Waals surface area contributed by atoms with Crippen LogP contribution in [0, 0.1) is 19.7 Å². The molecule has 0 amide bonds. The molecule has 1 unspecified atom stereocenters. The van der Waals surface area contributed by atoms with E-state index in [0.717, 1.165) is 31.7 Å². The van der Waals surface area contributed by atoms with E-state index in [1.807, 2.05) is 23.6 Å². The number of nitrogens with one attached hydrogen (secondary N) is 1. The van der Waals surface area contributed by atoms with Gasteiger partial charge in [0, 0.05) is 50.2 Å². The summed E-state index contributed by atoms with van der Waals surface area (Å²) in [6.07, 6.45) is 2.63. The van der Waals surface area contributed by atoms with Crippen molar-refractivity contribution < 1.29 is 4.39 Å². The average Bonchev–Trinajstić information content (AvgIpc) is 3.04. The van der Waals surface area contributed by atoms with Gasteiger partial charge in [-0.25, -0.2) is 9.37 Å². The summed E-state index contributed by atoms with van der Waals surface area (Å²) in [6, 6.07) is 3.43. The topological polar surface area (TPSA) is 46.0 Å². The summed E-state index contributed by atoms with van der Waals surface area (Å²) >= 11 is 0. The van der Waals surface area contributed by atoms with Gasteiger partial charge in [-0.15, -0.1) is 0 Å². The first-order valence-electron chi connectivity index (χ1n) is 7.64. The molecule has 1 aliphatic rings. The molecule has 0 bridgehead atoms. The fraction of sp³-hybridized carbons (Fsp3) is 0.500. The highest BCUT2D eigenvalue weighted by Gasteiger charge is 2.25. The molecular weight excluding hydrogens is 281 g/mol. The summed E-state index contributed by atoms with van der Waals surface area (Å²) in [4.78, 5) is 6.16. The lowest BCUT2D eigenvalue weighted by Gasteiger charge is -2.18. The minimum Gasteiger partial charge on any atom is -0.353 e. The van der Waals surface area contributed by atoms with E-state index < -0.39 is 0 Å². The van der Waals surface area contributed by atoms with Gasteiger partial charge in [0.15, 0.2) is 11.6 Å². The van der Waals surface area contributed by atoms with Crippen molar-refractivity contribution in [1.29, 1.82) is 0 Å². The van der Waals surface area contributed by atoms with Crippen LogP contribution >= 0.6 is 0 Å². The second kappa shape index (κ2) is 6.04. The minimum absolute atomic E-state index is 0.248. The molecule has 3 heterocycles. The van der Waals surface area contributed by atoms with E-state index in [2.05, 4.69) is 22.3 Å². The van der Waals surface area contributed by atoms with Crippen LogP contribution in [0.5, 0.6) is 0 Å². The number of nitrogens with zero attached hydrogens (tertiary/aromatic N) is 4. The number of anilines is 1. The number of rotatable bonds is 4. The van der Waals surface area contributed by atoms with E-state index in [4.69, 9.17) is 0 Å². The molecule has 2 aromatic rings. The quantitative estimate of drug-likeness (QED) is 0.937. The highest BCUT2D eigenvalue weighted by Crippen LogP contribution is 2.21. The highest BCUT2D eigenvalue weighted by atomic mass is 19.1. The lowest BCUT2D eigenvalue weighted by atomic mass is 10.2. The predicted octanol–water partition coefficient (Wildman–Crippen LogP) is 1.94. The molecule has 3 rings (SSSR count). The van der Waals surface area contributed by atoms with Crippen LogP contribution in [0.2, 0.25) is 0 Å². The van der Waals surface area contributed by atoms with E-state index in [-0.39, 0.29) is 5.82 Å². The maximum Gasteiger partial charge on any atom is 0.165 e. The summed E-state index contributed by atoms with van der Waals surface area (Å²) in [5.41, 5.74) is 3.51. The maximum atomic E-state index is 13.8. The number of hydrogen-bond acceptors (Lipinski definition) is 4. The van der Waals surface area contributed by atoms with Gasteiger partial charge in [-0.2, -0.15) is 5.10 Å². The summed E-state index contributed by atoms with van der Waals surface area (Å²) in [6.45, 7) is 6.53. The van der Waals surface area contributed by atoms with Crippen LogP contribution in [0.1, 0.15) is 23.4 Å². The van der Waals surface area contributed by atoms with Gasteiger partial charge >= 0.3 is 0 Å². The summed E-state index contributed by atoms with van der Waals surface area (Å²) in [5.74, 6) is 0.211. The first-order chi connectivity index (χ1) is 10.6. The van der Waals surface area contributed by atoms with Crippen molar-refractivity contribution in [3.8, 4) is 0 Å². The lowest BCUT2D eigenvalue weighted by Crippen LogP contribution is -2.32. The number of hydrogen-bond donors (Lipinski definition) is 1. The Kier molecular flexibility index (Phi) is 4.11. The minimum atomic E-state index is -0.248. The Hall–Kier alpha value is -1.95. The molecule has 5 nitrogen and oxygen atoms in total. The SMILES string of the molecule is Cc1nn(C)c(C)c1CNC1CCN(c2ncccc2F)C1. The van der Waals surface area contributed by atoms with Crippen LogP contribution in [-0.4, -0.2) is 33.9 Å². The molecule has 2 aromatic heterocycles. The van der Waals surface area contributed by atoms with Crippen LogP contribution in [-0.2, 0) is 13.6 Å². The Morgan fingerprint density at radius 1 is 1.41 bits per heavy atom. The van der Waals surface area contributed by atoms with E-state index in [1.54, 1.807) is 12.3 Å². The lowest BCUT2D eigenvalue weighted by molar-refractivity contribution is 0.547. The van der Waals surface area contributed by atoms with Crippen LogP contribution in [0.4, 0.5) is 10.2 Å². The van der Waals surface area contributed by atoms with E-state index >= 15 is 0 Å². The van der Waals surface area contributed by atoms with Gasteiger partial charge in [0.2, 0.25) is 0 Å². The van der Waals surface area contributed by atoms with Gasteiger partial charge in [-0.1, -0.05) is 0 Å². The van der Waals surface area contributed by atoms with Crippen molar-refractivity contribution in [2.24, 2.45) is 7.05 Å². The maximum absolute atomic E-state index is 13.8. The van der Waals surface area contributed by atoms with Gasteiger partial charge in [0.25, 0.3) is 0 Å². The van der Waals surface area contributed by atoms with Crippen molar-refractivity contribution in [2.45, 2.75) is 32.9 Å². The third kappa shape index (κ3) is 2.83. The van der Waals surface area contributed by atoms with E-state index in [9.17, 15) is 4.39 Å². The van der Waals surface area contributed by atoms with Gasteiger partial charge < -0.3 is 10.2 Å². The third-order valence-electron chi connectivity index (χ3n) is 4.45. The normalized spacial score (nSPS) is 18.2. The van der Waals surface area contributed by atoms with Crippen molar-refractivity contribution in [3.63, 3.8) is 0 Å². The number of aryl methyl sites for hydroxylation is 2. The molecule has 1 fully saturated rings. The predicted molar refractivity (Wildman–Crippen MR) is 84.3 cm³/mol. The van der Waals surface area contributed by atoms with Gasteiger partial charge in [-0.05, 0) is 32.4 Å². The van der Waals surface area contributed by atoms with E-state index in [1.165, 1.54) is 17.3 Å². The molecule has 1 atom stereocenters. The molecule has 6 heteroatoms. The van der Waals surface area contributed by atoms with Crippen LogP contribution in [0.25, 0.3) is 0 Å². The molecule has 22 heavy (non-hydrogen) atoms. The summed E-state index contributed by atoms with van der Waals surface area (Å²) in [5, 5.41) is 8.00. The van der Waals surface area contributed by atoms with Crippen molar-refractivity contribution in [2.75, 3.05) is 18.0 Å². The standard InChI is InChI=1S/C16H22FN5/c1-11-14(12(2)21(3)20-11)9-19-13-6-8-22(10-13)16-15(17)5-4-7-18-16/h4-5,7,13,19H,6,8-10H2,1-3H3. The molecular formula is C16H22FN5. The van der Waals surface area contributed by atoms with E-state index in [0.29, 0.717) is 11.9 Å². The smallest absolute Gasteiger partial charge is 0.165 e. The van der Waals surface area contributed by atoms with Crippen LogP contribution < -0.4 is 10.2 Å². The Morgan fingerprint density at radius 2 is 2.23 bits per heavy atom. The number of aromatic nitrogens is 3. The highest BCUT2D eigenvalue weighted by molar-refractivity contribution is 5.41. The zero-order valence-electron chi connectivity index (χ0n) is 13.3. The fourth-order valence-electron chi connectivity index (χ4n) is 3.05. The molecule has 1 aliphatic heterocycles. The molecule has 0 aromatic carbocycles. The molecule has 0 saturated carbocycles. The second-order valence-electron chi connectivity index (χ2n) is 5.89. The van der Waals surface area contributed by atoms with Crippen molar-refractivity contribution in [1.82, 2.24) is 20.1 Å². The van der Waals surface area contributed by atoms with Crippen molar-refractivity contribution >= 4 is 5.82 Å². The summed E-state index contributed by atoms with van der Waals surface area (Å²) in [7, 11) is 1.97. The monoisotopic (exact) mass is 303 g/mol. The van der Waals surface area contributed by atoms with Gasteiger partial charge in [-0.3, -0.25) is 4.68 Å². The van der Waals surface area contributed by atoms with Crippen LogP contribution in [0.15, 0.2) is 18.3 Å². The Balaban J connectivity index is 1.61. The van der Waals surface area contributed by atoms with Crippen LogP contribution in [0.3, 0.4) is 0 Å². The van der Waals surface area contributed by atoms with Gasteiger partial charge in [0.05, 0.1) is 5.69 Å². The molecule has 0 spiro atoms. The third-order valence-corrected chi connectivity index (χ3v) is 4.45. The first kappa shape index (κ1) is 15.0. The van der Waals surface area contributed by atoms with Crippen molar-refractivity contribution in [3.05, 3.63) is 41.1 Å². The molecule has 1 N–H and O–H groups in total. The largest absolute Gasteiger partial charge is 0.353 e. The second-order valence-corrected chi connectivity index (χ2v) is 5.89. The Labute approximate surface area is 130 Å². The Bertz CT molecular complexity index is 667. The Morgan fingerprint density at radius 3 is 2.91 bits per heavy atom. The fourth-order valence-corrected chi connectivity index (χ4v) is 3.05. The summed E-state index contributed by atoms with van der Waals surface area (Å²) < 4.78 is 15.7. The number of halogens is 1. The molecule has 0 aliphatic carbocycles. The zero-order valence-corrected chi connectivity index (χ0v) is 13.3. The number of pyridine rings is 1. The average molecular weight is 303 g/mol.